The number of hydrogen-bond donors (Lipinski definition) is 2. The summed E-state index contributed by atoms with van der Waals surface area (Å²) in [4.78, 5) is 12.1. The number of amides is 1. The van der Waals surface area contributed by atoms with Crippen LogP contribution in [0.1, 0.15) is 23.7 Å². The Hall–Kier alpha value is -2.56. The van der Waals surface area contributed by atoms with Crippen molar-refractivity contribution in [1.82, 2.24) is 0 Å². The van der Waals surface area contributed by atoms with Gasteiger partial charge in [0, 0.05) is 11.4 Å². The van der Waals surface area contributed by atoms with Crippen molar-refractivity contribution in [2.75, 3.05) is 17.7 Å². The second kappa shape index (κ2) is 6.74. The maximum atomic E-state index is 13.0. The molecule has 0 spiro atoms. The molecule has 0 aromatic heterocycles. The van der Waals surface area contributed by atoms with Crippen molar-refractivity contribution in [2.24, 2.45) is 0 Å². The molecule has 0 aliphatic heterocycles. The number of nitrogen functional groups attached to an aromatic ring is 1. The predicted octanol–water partition coefficient (Wildman–Crippen LogP) is 3.45. The van der Waals surface area contributed by atoms with Crippen LogP contribution in [0.25, 0.3) is 0 Å². The van der Waals surface area contributed by atoms with Crippen molar-refractivity contribution in [3.05, 3.63) is 53.8 Å². The van der Waals surface area contributed by atoms with E-state index in [9.17, 15) is 9.18 Å². The molecular weight excluding hydrogens is 271 g/mol. The zero-order valence-electron chi connectivity index (χ0n) is 11.7. The minimum Gasteiger partial charge on any atom is -0.494 e. The Morgan fingerprint density at radius 2 is 1.95 bits per heavy atom. The number of rotatable bonds is 5. The summed E-state index contributed by atoms with van der Waals surface area (Å²) in [7, 11) is 0. The summed E-state index contributed by atoms with van der Waals surface area (Å²) in [6, 6.07) is 10.7. The number of halogens is 1. The average Bonchev–Trinajstić information content (AvgIpc) is 2.46. The Bertz CT molecular complexity index is 627. The first-order valence-corrected chi connectivity index (χ1v) is 6.69. The van der Waals surface area contributed by atoms with Gasteiger partial charge in [0.15, 0.2) is 0 Å². The molecule has 0 unspecified atom stereocenters. The van der Waals surface area contributed by atoms with Gasteiger partial charge in [0.1, 0.15) is 11.6 Å². The zero-order valence-corrected chi connectivity index (χ0v) is 11.7. The highest BCUT2D eigenvalue weighted by Gasteiger charge is 2.10. The Kier molecular flexibility index (Phi) is 4.77. The summed E-state index contributed by atoms with van der Waals surface area (Å²) in [6.45, 7) is 2.68. The van der Waals surface area contributed by atoms with E-state index in [0.29, 0.717) is 12.3 Å². The van der Waals surface area contributed by atoms with E-state index in [0.717, 1.165) is 18.2 Å². The number of anilines is 2. The van der Waals surface area contributed by atoms with E-state index in [-0.39, 0.29) is 17.2 Å². The van der Waals surface area contributed by atoms with Crippen LogP contribution in [0.4, 0.5) is 15.8 Å². The summed E-state index contributed by atoms with van der Waals surface area (Å²) >= 11 is 0. The third-order valence-electron chi connectivity index (χ3n) is 2.84. The number of nitrogens with two attached hydrogens (primary N) is 1. The molecule has 3 N–H and O–H groups in total. The average molecular weight is 288 g/mol. The smallest absolute Gasteiger partial charge is 0.257 e. The van der Waals surface area contributed by atoms with Crippen LogP contribution < -0.4 is 15.8 Å². The second-order valence-electron chi connectivity index (χ2n) is 4.56. The molecule has 21 heavy (non-hydrogen) atoms. The van der Waals surface area contributed by atoms with E-state index >= 15 is 0 Å². The first kappa shape index (κ1) is 14.8. The second-order valence-corrected chi connectivity index (χ2v) is 4.56. The van der Waals surface area contributed by atoms with Crippen molar-refractivity contribution in [3.8, 4) is 5.75 Å². The molecule has 0 saturated carbocycles. The highest BCUT2D eigenvalue weighted by Crippen LogP contribution is 2.19. The lowest BCUT2D eigenvalue weighted by Gasteiger charge is -2.09. The third-order valence-corrected chi connectivity index (χ3v) is 2.84. The Labute approximate surface area is 122 Å². The molecule has 0 heterocycles. The highest BCUT2D eigenvalue weighted by molar-refractivity contribution is 6.07. The molecule has 0 aliphatic carbocycles. The predicted molar refractivity (Wildman–Crippen MR) is 81.0 cm³/mol. The van der Waals surface area contributed by atoms with Crippen molar-refractivity contribution in [2.45, 2.75) is 13.3 Å². The van der Waals surface area contributed by atoms with Crippen LogP contribution in [0, 0.1) is 5.82 Å². The minimum atomic E-state index is -0.471. The summed E-state index contributed by atoms with van der Waals surface area (Å²) in [5.41, 5.74) is 6.60. The fraction of sp³-hybridized carbons (Fsp3) is 0.188. The van der Waals surface area contributed by atoms with Crippen LogP contribution in [0.15, 0.2) is 42.5 Å². The maximum absolute atomic E-state index is 13.0. The van der Waals surface area contributed by atoms with E-state index in [1.54, 1.807) is 24.3 Å². The van der Waals surface area contributed by atoms with E-state index in [4.69, 9.17) is 10.5 Å². The molecule has 5 heteroatoms. The van der Waals surface area contributed by atoms with Crippen LogP contribution >= 0.6 is 0 Å². The highest BCUT2D eigenvalue weighted by atomic mass is 19.1. The van der Waals surface area contributed by atoms with Gasteiger partial charge >= 0.3 is 0 Å². The molecule has 2 rings (SSSR count). The van der Waals surface area contributed by atoms with Gasteiger partial charge in [0.2, 0.25) is 0 Å². The van der Waals surface area contributed by atoms with Gasteiger partial charge in [0.25, 0.3) is 5.91 Å². The van der Waals surface area contributed by atoms with Crippen molar-refractivity contribution < 1.29 is 13.9 Å². The molecule has 4 nitrogen and oxygen atoms in total. The molecule has 0 atom stereocenters. The lowest BCUT2D eigenvalue weighted by Crippen LogP contribution is -2.14. The molecule has 0 radical (unpaired) electrons. The normalized spacial score (nSPS) is 10.2. The first-order chi connectivity index (χ1) is 10.1. The van der Waals surface area contributed by atoms with Gasteiger partial charge < -0.3 is 15.8 Å². The Morgan fingerprint density at radius 3 is 2.57 bits per heavy atom. The standard InChI is InChI=1S/C16H17FN2O2/c1-2-9-21-13-6-4-12(5-7-13)19-16(20)14-8-3-11(17)10-15(14)18/h3-8,10H,2,9,18H2,1H3,(H,19,20). The fourth-order valence-corrected chi connectivity index (χ4v) is 1.79. The van der Waals surface area contributed by atoms with Crippen molar-refractivity contribution >= 4 is 17.3 Å². The Morgan fingerprint density at radius 1 is 1.24 bits per heavy atom. The van der Waals surface area contributed by atoms with Gasteiger partial charge in [-0.15, -0.1) is 0 Å². The molecule has 2 aromatic carbocycles. The third kappa shape index (κ3) is 3.95. The SMILES string of the molecule is CCCOc1ccc(NC(=O)c2ccc(F)cc2N)cc1. The summed E-state index contributed by atoms with van der Waals surface area (Å²) in [5, 5.41) is 2.70. The number of nitrogens with one attached hydrogen (secondary N) is 1. The fourth-order valence-electron chi connectivity index (χ4n) is 1.79. The lowest BCUT2D eigenvalue weighted by atomic mass is 10.1. The summed E-state index contributed by atoms with van der Waals surface area (Å²) in [5.74, 6) is -0.104. The van der Waals surface area contributed by atoms with Gasteiger partial charge in [-0.05, 0) is 48.9 Å². The lowest BCUT2D eigenvalue weighted by molar-refractivity contribution is 0.102. The van der Waals surface area contributed by atoms with Crippen molar-refractivity contribution in [1.29, 1.82) is 0 Å². The topological polar surface area (TPSA) is 64.3 Å². The van der Waals surface area contributed by atoms with E-state index in [2.05, 4.69) is 5.32 Å². The molecule has 0 aliphatic rings. The van der Waals surface area contributed by atoms with E-state index in [1.165, 1.54) is 12.1 Å². The molecule has 0 bridgehead atoms. The Balaban J connectivity index is 2.05. The molecule has 0 fully saturated rings. The van der Waals surface area contributed by atoms with E-state index < -0.39 is 5.82 Å². The van der Waals surface area contributed by atoms with Gasteiger partial charge in [-0.2, -0.15) is 0 Å². The molecular formula is C16H17FN2O2. The van der Waals surface area contributed by atoms with Crippen LogP contribution in [-0.4, -0.2) is 12.5 Å². The number of carbonyl (C=O) groups is 1. The van der Waals surface area contributed by atoms with Gasteiger partial charge in [-0.3, -0.25) is 4.79 Å². The van der Waals surface area contributed by atoms with Gasteiger partial charge in [0.05, 0.1) is 12.2 Å². The molecule has 2 aromatic rings. The molecule has 110 valence electrons. The van der Waals surface area contributed by atoms with Gasteiger partial charge in [-0.25, -0.2) is 4.39 Å². The quantitative estimate of drug-likeness (QED) is 0.828. The zero-order chi connectivity index (χ0) is 15.2. The number of carbonyl (C=O) groups excluding carboxylic acids is 1. The van der Waals surface area contributed by atoms with Crippen LogP contribution in [-0.2, 0) is 0 Å². The minimum absolute atomic E-state index is 0.107. The van der Waals surface area contributed by atoms with Crippen LogP contribution in [0.2, 0.25) is 0 Å². The van der Waals surface area contributed by atoms with Crippen LogP contribution in [0.5, 0.6) is 5.75 Å². The van der Waals surface area contributed by atoms with Crippen LogP contribution in [0.3, 0.4) is 0 Å². The maximum Gasteiger partial charge on any atom is 0.257 e. The summed E-state index contributed by atoms with van der Waals surface area (Å²) in [6.07, 6.45) is 0.933. The largest absolute Gasteiger partial charge is 0.494 e. The summed E-state index contributed by atoms with van der Waals surface area (Å²) < 4.78 is 18.4. The van der Waals surface area contributed by atoms with E-state index in [1.807, 2.05) is 6.92 Å². The van der Waals surface area contributed by atoms with Crippen molar-refractivity contribution in [3.63, 3.8) is 0 Å². The van der Waals surface area contributed by atoms with Gasteiger partial charge in [-0.1, -0.05) is 6.92 Å². The number of hydrogen-bond acceptors (Lipinski definition) is 3. The monoisotopic (exact) mass is 288 g/mol. The molecule has 1 amide bonds. The molecule has 0 saturated heterocycles. The first-order valence-electron chi connectivity index (χ1n) is 6.69. The number of benzene rings is 2. The number of ether oxygens (including phenoxy) is 1.